The maximum absolute atomic E-state index is 9.83. The van der Waals surface area contributed by atoms with Crippen LogP contribution in [0.15, 0.2) is 0 Å². The summed E-state index contributed by atoms with van der Waals surface area (Å²) in [6, 6.07) is 0. The van der Waals surface area contributed by atoms with Crippen molar-refractivity contribution < 1.29 is 5.11 Å². The summed E-state index contributed by atoms with van der Waals surface area (Å²) >= 11 is 0. The first kappa shape index (κ1) is 7.60. The smallest absolute Gasteiger partial charge is 0.0604 e. The normalized spacial score (nSPS) is 54.8. The van der Waals surface area contributed by atoms with E-state index < -0.39 is 0 Å². The Morgan fingerprint density at radius 3 is 2.27 bits per heavy atom. The van der Waals surface area contributed by atoms with Crippen molar-refractivity contribution >= 4 is 0 Å². The largest absolute Gasteiger partial charge is 0.393 e. The van der Waals surface area contributed by atoms with Crippen LogP contribution in [-0.4, -0.2) is 11.2 Å². The van der Waals surface area contributed by atoms with Crippen molar-refractivity contribution in [2.24, 2.45) is 23.2 Å². The number of aliphatic hydroxyl groups is 1. The van der Waals surface area contributed by atoms with Crippen molar-refractivity contribution in [3.63, 3.8) is 0 Å². The molecule has 2 aliphatic carbocycles. The van der Waals surface area contributed by atoms with Gasteiger partial charge in [0, 0.05) is 5.41 Å². The first-order chi connectivity index (χ1) is 5.09. The molecule has 0 aromatic rings. The van der Waals surface area contributed by atoms with Crippen LogP contribution in [0.2, 0.25) is 0 Å². The number of hydrogen-bond donors (Lipinski definition) is 1. The fourth-order valence-corrected chi connectivity index (χ4v) is 3.22. The van der Waals surface area contributed by atoms with E-state index in [0.29, 0.717) is 11.3 Å². The molecule has 11 heavy (non-hydrogen) atoms. The van der Waals surface area contributed by atoms with Gasteiger partial charge in [-0.1, -0.05) is 20.8 Å². The molecule has 1 nitrogen and oxygen atoms in total. The molecule has 1 heteroatoms. The molecule has 2 rings (SSSR count). The van der Waals surface area contributed by atoms with Crippen LogP contribution in [0.5, 0.6) is 0 Å². The Balaban J connectivity index is 2.19. The second-order valence-corrected chi connectivity index (χ2v) is 4.81. The van der Waals surface area contributed by atoms with Gasteiger partial charge in [-0.3, -0.25) is 0 Å². The highest BCUT2D eigenvalue weighted by Gasteiger charge is 2.66. The first-order valence-electron chi connectivity index (χ1n) is 4.77. The fourth-order valence-electron chi connectivity index (χ4n) is 3.22. The van der Waals surface area contributed by atoms with Gasteiger partial charge in [0.25, 0.3) is 0 Å². The van der Waals surface area contributed by atoms with Gasteiger partial charge in [-0.25, -0.2) is 0 Å². The van der Waals surface area contributed by atoms with Crippen LogP contribution in [0.1, 0.15) is 33.6 Å². The van der Waals surface area contributed by atoms with Crippen LogP contribution >= 0.6 is 0 Å². The number of aliphatic hydroxyl groups excluding tert-OH is 1. The van der Waals surface area contributed by atoms with E-state index in [2.05, 4.69) is 20.8 Å². The number of rotatable bonds is 1. The highest BCUT2D eigenvalue weighted by atomic mass is 16.3. The average molecular weight is 154 g/mol. The number of hydrogen-bond acceptors (Lipinski definition) is 1. The van der Waals surface area contributed by atoms with Crippen molar-refractivity contribution in [1.82, 2.24) is 0 Å². The molecule has 4 atom stereocenters. The van der Waals surface area contributed by atoms with E-state index in [9.17, 15) is 5.11 Å². The predicted molar refractivity (Wildman–Crippen MR) is 45.2 cm³/mol. The van der Waals surface area contributed by atoms with E-state index in [-0.39, 0.29) is 6.10 Å². The van der Waals surface area contributed by atoms with Crippen LogP contribution in [0.3, 0.4) is 0 Å². The molecule has 0 heterocycles. The van der Waals surface area contributed by atoms with Gasteiger partial charge in [0.05, 0.1) is 6.10 Å². The van der Waals surface area contributed by atoms with Gasteiger partial charge < -0.3 is 5.11 Å². The van der Waals surface area contributed by atoms with Crippen LogP contribution in [-0.2, 0) is 0 Å². The summed E-state index contributed by atoms with van der Waals surface area (Å²) in [5.41, 5.74) is 0.347. The minimum atomic E-state index is 0.00231. The van der Waals surface area contributed by atoms with Crippen molar-refractivity contribution in [3.05, 3.63) is 0 Å². The molecule has 0 spiro atoms. The Bertz CT molecular complexity index is 172. The van der Waals surface area contributed by atoms with Crippen LogP contribution in [0, 0.1) is 23.2 Å². The molecule has 0 bridgehead atoms. The first-order valence-corrected chi connectivity index (χ1v) is 4.77. The summed E-state index contributed by atoms with van der Waals surface area (Å²) < 4.78 is 0. The Morgan fingerprint density at radius 2 is 2.09 bits per heavy atom. The Kier molecular flexibility index (Phi) is 1.39. The lowest BCUT2D eigenvalue weighted by Crippen LogP contribution is -2.24. The van der Waals surface area contributed by atoms with Gasteiger partial charge in [-0.2, -0.15) is 0 Å². The van der Waals surface area contributed by atoms with Gasteiger partial charge in [0.1, 0.15) is 0 Å². The second kappa shape index (κ2) is 2.01. The van der Waals surface area contributed by atoms with Crippen molar-refractivity contribution in [2.75, 3.05) is 0 Å². The molecule has 0 amide bonds. The fraction of sp³-hybridized carbons (Fsp3) is 1.00. The molecule has 2 fully saturated rings. The zero-order valence-corrected chi connectivity index (χ0v) is 7.67. The zero-order chi connectivity index (χ0) is 8.22. The molecule has 0 saturated heterocycles. The van der Waals surface area contributed by atoms with E-state index in [1.165, 1.54) is 6.42 Å². The summed E-state index contributed by atoms with van der Waals surface area (Å²) in [5.74, 6) is 2.29. The zero-order valence-electron chi connectivity index (χ0n) is 7.67. The Labute approximate surface area is 68.8 Å². The Morgan fingerprint density at radius 1 is 1.45 bits per heavy atom. The highest BCUT2D eigenvalue weighted by molar-refractivity contribution is 5.15. The third-order valence-corrected chi connectivity index (χ3v) is 4.08. The standard InChI is InChI=1S/C10H18O/c1-6(2)10-5-8(10)7(3)4-9(10)11/h6-9,11H,4-5H2,1-3H3/t7?,8?,9?,10-/m1/s1. The van der Waals surface area contributed by atoms with Crippen LogP contribution in [0.25, 0.3) is 0 Å². The van der Waals surface area contributed by atoms with E-state index >= 15 is 0 Å². The van der Waals surface area contributed by atoms with Gasteiger partial charge in [0.2, 0.25) is 0 Å². The van der Waals surface area contributed by atoms with Gasteiger partial charge in [-0.05, 0) is 30.6 Å². The lowest BCUT2D eigenvalue weighted by atomic mass is 9.88. The summed E-state index contributed by atoms with van der Waals surface area (Å²) in [5, 5.41) is 9.83. The third-order valence-electron chi connectivity index (χ3n) is 4.08. The molecular weight excluding hydrogens is 136 g/mol. The Hall–Kier alpha value is -0.0400. The lowest BCUT2D eigenvalue weighted by molar-refractivity contribution is 0.0741. The molecule has 1 N–H and O–H groups in total. The minimum absolute atomic E-state index is 0.00231. The molecular formula is C10H18O. The SMILES string of the molecule is CC1CC(O)[C@@]2(C(C)C)CC12. The highest BCUT2D eigenvalue weighted by Crippen LogP contribution is 2.69. The second-order valence-electron chi connectivity index (χ2n) is 4.81. The molecule has 0 radical (unpaired) electrons. The van der Waals surface area contributed by atoms with Crippen LogP contribution < -0.4 is 0 Å². The molecule has 0 aromatic heterocycles. The summed E-state index contributed by atoms with van der Waals surface area (Å²) in [4.78, 5) is 0. The monoisotopic (exact) mass is 154 g/mol. The maximum Gasteiger partial charge on any atom is 0.0604 e. The summed E-state index contributed by atoms with van der Waals surface area (Å²) in [7, 11) is 0. The van der Waals surface area contributed by atoms with Crippen molar-refractivity contribution in [1.29, 1.82) is 0 Å². The van der Waals surface area contributed by atoms with E-state index in [1.54, 1.807) is 0 Å². The van der Waals surface area contributed by atoms with Crippen molar-refractivity contribution in [3.8, 4) is 0 Å². The van der Waals surface area contributed by atoms with Gasteiger partial charge in [0.15, 0.2) is 0 Å². The summed E-state index contributed by atoms with van der Waals surface area (Å²) in [6.07, 6.45) is 2.33. The third kappa shape index (κ3) is 0.752. The maximum atomic E-state index is 9.83. The molecule has 0 aliphatic heterocycles. The van der Waals surface area contributed by atoms with E-state index in [0.717, 1.165) is 18.3 Å². The topological polar surface area (TPSA) is 20.2 Å². The average Bonchev–Trinajstić information content (AvgIpc) is 2.56. The van der Waals surface area contributed by atoms with Crippen LogP contribution in [0.4, 0.5) is 0 Å². The van der Waals surface area contributed by atoms with Gasteiger partial charge >= 0.3 is 0 Å². The van der Waals surface area contributed by atoms with Crippen molar-refractivity contribution in [2.45, 2.75) is 39.7 Å². The predicted octanol–water partition coefficient (Wildman–Crippen LogP) is 2.05. The molecule has 0 aromatic carbocycles. The van der Waals surface area contributed by atoms with E-state index in [4.69, 9.17) is 0 Å². The summed E-state index contributed by atoms with van der Waals surface area (Å²) in [6.45, 7) is 6.79. The quantitative estimate of drug-likeness (QED) is 0.613. The number of fused-ring (bicyclic) bond motifs is 1. The molecule has 2 saturated carbocycles. The molecule has 3 unspecified atom stereocenters. The minimum Gasteiger partial charge on any atom is -0.393 e. The lowest BCUT2D eigenvalue weighted by Gasteiger charge is -2.22. The van der Waals surface area contributed by atoms with Gasteiger partial charge in [-0.15, -0.1) is 0 Å². The van der Waals surface area contributed by atoms with E-state index in [1.807, 2.05) is 0 Å². The molecule has 64 valence electrons. The molecule has 2 aliphatic rings.